The zero-order valence-corrected chi connectivity index (χ0v) is 17.1. The van der Waals surface area contributed by atoms with Gasteiger partial charge in [0.15, 0.2) is 0 Å². The van der Waals surface area contributed by atoms with Crippen molar-refractivity contribution in [2.45, 2.75) is 31.7 Å². The highest BCUT2D eigenvalue weighted by Crippen LogP contribution is 2.33. The molecule has 3 aromatic rings. The number of hydrogen-bond acceptors (Lipinski definition) is 6. The van der Waals surface area contributed by atoms with E-state index in [-0.39, 0.29) is 24.3 Å². The van der Waals surface area contributed by atoms with Gasteiger partial charge in [0.05, 0.1) is 31.0 Å². The number of hydrogen-bond donors (Lipinski definition) is 0. The Morgan fingerprint density at radius 2 is 2.00 bits per heavy atom. The van der Waals surface area contributed by atoms with Crippen molar-refractivity contribution in [3.05, 3.63) is 71.3 Å². The van der Waals surface area contributed by atoms with E-state index in [1.54, 1.807) is 29.2 Å². The van der Waals surface area contributed by atoms with Crippen molar-refractivity contribution in [1.82, 2.24) is 30.1 Å². The molecule has 1 atom stereocenters. The quantitative estimate of drug-likeness (QED) is 0.579. The molecule has 4 rings (SSSR count). The van der Waals surface area contributed by atoms with E-state index in [4.69, 9.17) is 4.74 Å². The van der Waals surface area contributed by atoms with E-state index in [9.17, 15) is 18.0 Å². The molecule has 1 aliphatic rings. The summed E-state index contributed by atoms with van der Waals surface area (Å²) in [6, 6.07) is 10.7. The monoisotopic (exact) mass is 446 g/mol. The maximum absolute atomic E-state index is 13.3. The van der Waals surface area contributed by atoms with Gasteiger partial charge in [-0.25, -0.2) is 4.68 Å². The fraction of sp³-hybridized carbons (Fsp3) is 0.381. The molecule has 1 amide bonds. The summed E-state index contributed by atoms with van der Waals surface area (Å²) in [5, 5.41) is 10.8. The largest absolute Gasteiger partial charge is 0.416 e. The Morgan fingerprint density at radius 1 is 1.16 bits per heavy atom. The minimum atomic E-state index is -4.43. The van der Waals surface area contributed by atoms with Crippen molar-refractivity contribution in [2.24, 2.45) is 0 Å². The number of carbonyl (C=O) groups excluding carboxylic acids is 1. The van der Waals surface area contributed by atoms with Gasteiger partial charge in [0, 0.05) is 25.1 Å². The topological polar surface area (TPSA) is 86.0 Å². The molecule has 0 bridgehead atoms. The molecule has 1 saturated heterocycles. The normalized spacial score (nSPS) is 16.8. The third kappa shape index (κ3) is 5.28. The van der Waals surface area contributed by atoms with Crippen LogP contribution < -0.4 is 0 Å². The first kappa shape index (κ1) is 21.9. The standard InChI is InChI=1S/C21H21F3N6O2/c22-21(23,24)17-6-2-1-4-15(17)12-16-5-3-7-18(26-16)19-13-29(10-11-32-19)20(31)8-9-30-14-25-27-28-30/h1-7,14,19H,8-13H2. The number of tetrazole rings is 1. The molecule has 0 radical (unpaired) electrons. The van der Waals surface area contributed by atoms with Gasteiger partial charge >= 0.3 is 6.18 Å². The van der Waals surface area contributed by atoms with E-state index in [1.807, 2.05) is 0 Å². The van der Waals surface area contributed by atoms with E-state index < -0.39 is 17.8 Å². The molecule has 1 fully saturated rings. The number of carbonyl (C=O) groups is 1. The van der Waals surface area contributed by atoms with E-state index in [2.05, 4.69) is 20.5 Å². The molecule has 2 aromatic heterocycles. The molecular formula is C21H21F3N6O2. The Balaban J connectivity index is 1.43. The van der Waals surface area contributed by atoms with Crippen LogP contribution in [0.3, 0.4) is 0 Å². The van der Waals surface area contributed by atoms with E-state index in [0.29, 0.717) is 37.6 Å². The van der Waals surface area contributed by atoms with Gasteiger partial charge in [-0.05, 0) is 34.2 Å². The van der Waals surface area contributed by atoms with Gasteiger partial charge in [-0.2, -0.15) is 13.2 Å². The maximum Gasteiger partial charge on any atom is 0.416 e. The summed E-state index contributed by atoms with van der Waals surface area (Å²) in [7, 11) is 0. The summed E-state index contributed by atoms with van der Waals surface area (Å²) in [6.07, 6.45) is -3.13. The average Bonchev–Trinajstić information content (AvgIpc) is 3.31. The third-order valence-electron chi connectivity index (χ3n) is 5.22. The average molecular weight is 446 g/mol. The summed E-state index contributed by atoms with van der Waals surface area (Å²) in [5.41, 5.74) is 0.587. The number of pyridine rings is 1. The van der Waals surface area contributed by atoms with Gasteiger partial charge in [0.25, 0.3) is 0 Å². The predicted octanol–water partition coefficient (Wildman–Crippen LogP) is 2.67. The molecule has 8 nitrogen and oxygen atoms in total. The molecule has 0 saturated carbocycles. The first-order chi connectivity index (χ1) is 15.4. The van der Waals surface area contributed by atoms with Gasteiger partial charge in [-0.15, -0.1) is 5.10 Å². The number of rotatable bonds is 6. The summed E-state index contributed by atoms with van der Waals surface area (Å²) < 4.78 is 47.2. The highest BCUT2D eigenvalue weighted by molar-refractivity contribution is 5.76. The van der Waals surface area contributed by atoms with Crippen LogP contribution in [0.1, 0.15) is 35.0 Å². The summed E-state index contributed by atoms with van der Waals surface area (Å²) >= 11 is 0. The van der Waals surface area contributed by atoms with Gasteiger partial charge < -0.3 is 9.64 Å². The zero-order valence-electron chi connectivity index (χ0n) is 17.1. The van der Waals surface area contributed by atoms with Crippen LogP contribution in [0.5, 0.6) is 0 Å². The van der Waals surface area contributed by atoms with Crippen LogP contribution in [0.15, 0.2) is 48.8 Å². The number of amides is 1. The van der Waals surface area contributed by atoms with Crippen molar-refractivity contribution in [3.63, 3.8) is 0 Å². The van der Waals surface area contributed by atoms with Crippen LogP contribution >= 0.6 is 0 Å². The molecule has 1 aliphatic heterocycles. The lowest BCUT2D eigenvalue weighted by molar-refractivity contribution is -0.139. The highest BCUT2D eigenvalue weighted by Gasteiger charge is 2.33. The molecule has 0 spiro atoms. The second-order valence-electron chi connectivity index (χ2n) is 7.41. The number of aryl methyl sites for hydroxylation is 1. The number of aromatic nitrogens is 5. The highest BCUT2D eigenvalue weighted by atomic mass is 19.4. The minimum Gasteiger partial charge on any atom is -0.368 e. The fourth-order valence-corrected chi connectivity index (χ4v) is 3.63. The molecule has 0 aliphatic carbocycles. The van der Waals surface area contributed by atoms with Gasteiger partial charge in [-0.3, -0.25) is 9.78 Å². The third-order valence-corrected chi connectivity index (χ3v) is 5.22. The van der Waals surface area contributed by atoms with E-state index in [0.717, 1.165) is 6.07 Å². The second kappa shape index (κ2) is 9.43. The minimum absolute atomic E-state index is 0.0465. The Hall–Kier alpha value is -3.34. The number of halogens is 3. The van der Waals surface area contributed by atoms with E-state index >= 15 is 0 Å². The van der Waals surface area contributed by atoms with Crippen LogP contribution in [0.4, 0.5) is 13.2 Å². The van der Waals surface area contributed by atoms with Crippen molar-refractivity contribution < 1.29 is 22.7 Å². The number of nitrogens with zero attached hydrogens (tertiary/aromatic N) is 6. The molecule has 11 heteroatoms. The van der Waals surface area contributed by atoms with Gasteiger partial charge in [-0.1, -0.05) is 24.3 Å². The molecule has 1 unspecified atom stereocenters. The number of benzene rings is 1. The molecule has 168 valence electrons. The maximum atomic E-state index is 13.3. The van der Waals surface area contributed by atoms with Crippen LogP contribution in [0.25, 0.3) is 0 Å². The fourth-order valence-electron chi connectivity index (χ4n) is 3.63. The molecule has 3 heterocycles. The Bertz CT molecular complexity index is 1060. The van der Waals surface area contributed by atoms with Crippen LogP contribution in [-0.2, 0) is 28.7 Å². The van der Waals surface area contributed by atoms with E-state index in [1.165, 1.54) is 23.1 Å². The smallest absolute Gasteiger partial charge is 0.368 e. The number of ether oxygens (including phenoxy) is 1. The van der Waals surface area contributed by atoms with Crippen LogP contribution in [0, 0.1) is 0 Å². The Labute approximate surface area is 182 Å². The van der Waals surface area contributed by atoms with Gasteiger partial charge in [0.2, 0.25) is 5.91 Å². The summed E-state index contributed by atoms with van der Waals surface area (Å²) in [4.78, 5) is 18.8. The predicted molar refractivity (Wildman–Crippen MR) is 106 cm³/mol. The Morgan fingerprint density at radius 3 is 2.78 bits per heavy atom. The second-order valence-corrected chi connectivity index (χ2v) is 7.41. The SMILES string of the molecule is O=C(CCn1cnnn1)N1CCOC(c2cccc(Cc3ccccc3C(F)(F)F)n2)C1. The lowest BCUT2D eigenvalue weighted by atomic mass is 10.0. The van der Waals surface area contributed by atoms with Crippen molar-refractivity contribution in [3.8, 4) is 0 Å². The molecule has 1 aromatic carbocycles. The van der Waals surface area contributed by atoms with Crippen molar-refractivity contribution in [1.29, 1.82) is 0 Å². The van der Waals surface area contributed by atoms with Gasteiger partial charge in [0.1, 0.15) is 12.4 Å². The summed E-state index contributed by atoms with van der Waals surface area (Å²) in [5.74, 6) is -0.0518. The first-order valence-corrected chi connectivity index (χ1v) is 10.1. The number of alkyl halides is 3. The lowest BCUT2D eigenvalue weighted by Crippen LogP contribution is -2.42. The molecule has 0 N–H and O–H groups in total. The number of morpholine rings is 1. The summed E-state index contributed by atoms with van der Waals surface area (Å²) in [6.45, 7) is 1.51. The van der Waals surface area contributed by atoms with Crippen molar-refractivity contribution in [2.75, 3.05) is 19.7 Å². The van der Waals surface area contributed by atoms with Crippen molar-refractivity contribution >= 4 is 5.91 Å². The van der Waals surface area contributed by atoms with Crippen LogP contribution in [0.2, 0.25) is 0 Å². The van der Waals surface area contributed by atoms with Crippen LogP contribution in [-0.4, -0.2) is 55.7 Å². The Kier molecular flexibility index (Phi) is 6.45. The molecule has 32 heavy (non-hydrogen) atoms. The zero-order chi connectivity index (χ0) is 22.6. The first-order valence-electron chi connectivity index (χ1n) is 10.1. The molecular weight excluding hydrogens is 425 g/mol. The lowest BCUT2D eigenvalue weighted by Gasteiger charge is -2.33.